The Hall–Kier alpha value is -1.07. The van der Waals surface area contributed by atoms with E-state index in [0.717, 1.165) is 4.88 Å². The van der Waals surface area contributed by atoms with Gasteiger partial charge in [-0.15, -0.1) is 11.3 Å². The van der Waals surface area contributed by atoms with Crippen molar-refractivity contribution in [1.29, 1.82) is 0 Å². The molecule has 0 aliphatic carbocycles. The van der Waals surface area contributed by atoms with Gasteiger partial charge in [0.25, 0.3) is 0 Å². The SMILES string of the molecule is Cc1cc(O)c(C(CN)CC(=O)O)s1. The van der Waals surface area contributed by atoms with Crippen LogP contribution in [-0.2, 0) is 4.79 Å². The lowest BCUT2D eigenvalue weighted by molar-refractivity contribution is -0.137. The minimum absolute atomic E-state index is 0.0377. The Morgan fingerprint density at radius 3 is 2.71 bits per heavy atom. The van der Waals surface area contributed by atoms with Gasteiger partial charge in [-0.3, -0.25) is 4.79 Å². The van der Waals surface area contributed by atoms with E-state index in [2.05, 4.69) is 0 Å². The van der Waals surface area contributed by atoms with Crippen LogP contribution >= 0.6 is 11.3 Å². The first-order valence-electron chi connectivity index (χ1n) is 4.25. The summed E-state index contributed by atoms with van der Waals surface area (Å²) in [5.41, 5.74) is 5.46. The predicted octanol–water partition coefficient (Wildman–Crippen LogP) is 1.28. The molecule has 1 rings (SSSR count). The van der Waals surface area contributed by atoms with Crippen molar-refractivity contribution < 1.29 is 15.0 Å². The van der Waals surface area contributed by atoms with Crippen molar-refractivity contribution in [3.8, 4) is 5.75 Å². The first-order chi connectivity index (χ1) is 6.54. The molecule has 0 spiro atoms. The maximum absolute atomic E-state index is 10.5. The maximum Gasteiger partial charge on any atom is 0.304 e. The van der Waals surface area contributed by atoms with Crippen molar-refractivity contribution in [3.63, 3.8) is 0 Å². The molecule has 1 aromatic heterocycles. The van der Waals surface area contributed by atoms with Gasteiger partial charge in [0.1, 0.15) is 5.75 Å². The molecule has 4 nitrogen and oxygen atoms in total. The second kappa shape index (κ2) is 4.43. The molecule has 4 N–H and O–H groups in total. The summed E-state index contributed by atoms with van der Waals surface area (Å²) >= 11 is 1.40. The first kappa shape index (κ1) is 11.0. The largest absolute Gasteiger partial charge is 0.507 e. The summed E-state index contributed by atoms with van der Waals surface area (Å²) in [6.07, 6.45) is -0.0377. The molecule has 1 aromatic rings. The Morgan fingerprint density at radius 2 is 2.36 bits per heavy atom. The molecule has 0 amide bonds. The number of aliphatic carboxylic acids is 1. The Morgan fingerprint density at radius 1 is 1.71 bits per heavy atom. The van der Waals surface area contributed by atoms with E-state index in [4.69, 9.17) is 10.8 Å². The zero-order chi connectivity index (χ0) is 10.7. The summed E-state index contributed by atoms with van der Waals surface area (Å²) in [7, 11) is 0. The van der Waals surface area contributed by atoms with E-state index in [1.165, 1.54) is 11.3 Å². The average Bonchev–Trinajstić information content (AvgIpc) is 2.41. The van der Waals surface area contributed by atoms with Gasteiger partial charge in [0.2, 0.25) is 0 Å². The number of thiophene rings is 1. The molecule has 0 aliphatic heterocycles. The smallest absolute Gasteiger partial charge is 0.304 e. The molecule has 0 aromatic carbocycles. The number of nitrogens with two attached hydrogens (primary N) is 1. The van der Waals surface area contributed by atoms with Crippen molar-refractivity contribution in [2.24, 2.45) is 5.73 Å². The third-order valence-electron chi connectivity index (χ3n) is 1.94. The standard InChI is InChI=1S/C9H13NO3S/c1-5-2-7(11)9(14-5)6(4-10)3-8(12)13/h2,6,11H,3-4,10H2,1H3,(H,12,13). The molecular weight excluding hydrogens is 202 g/mol. The van der Waals surface area contributed by atoms with Crippen molar-refractivity contribution in [3.05, 3.63) is 15.8 Å². The normalized spacial score (nSPS) is 12.7. The fourth-order valence-electron chi connectivity index (χ4n) is 1.31. The number of rotatable bonds is 4. The fourth-order valence-corrected chi connectivity index (χ4v) is 2.33. The fraction of sp³-hybridized carbons (Fsp3) is 0.444. The molecule has 0 fully saturated rings. The molecule has 1 heterocycles. The lowest BCUT2D eigenvalue weighted by Gasteiger charge is -2.10. The van der Waals surface area contributed by atoms with Gasteiger partial charge in [-0.1, -0.05) is 0 Å². The minimum atomic E-state index is -0.897. The lowest BCUT2D eigenvalue weighted by atomic mass is 10.0. The first-order valence-corrected chi connectivity index (χ1v) is 5.07. The number of carboxylic acids is 1. The number of carbonyl (C=O) groups is 1. The zero-order valence-corrected chi connectivity index (χ0v) is 8.67. The monoisotopic (exact) mass is 215 g/mol. The number of aromatic hydroxyl groups is 1. The molecule has 0 saturated carbocycles. The van der Waals surface area contributed by atoms with Crippen LogP contribution in [0.25, 0.3) is 0 Å². The highest BCUT2D eigenvalue weighted by molar-refractivity contribution is 7.12. The van der Waals surface area contributed by atoms with Crippen molar-refractivity contribution in [1.82, 2.24) is 0 Å². The highest BCUT2D eigenvalue weighted by atomic mass is 32.1. The minimum Gasteiger partial charge on any atom is -0.507 e. The number of aryl methyl sites for hydroxylation is 1. The second-order valence-electron chi connectivity index (χ2n) is 3.14. The highest BCUT2D eigenvalue weighted by Crippen LogP contribution is 2.35. The van der Waals surface area contributed by atoms with Crippen molar-refractivity contribution in [2.45, 2.75) is 19.3 Å². The average molecular weight is 215 g/mol. The number of carboxylic acid groups (broad SMARTS) is 1. The van der Waals surface area contributed by atoms with Gasteiger partial charge in [-0.05, 0) is 13.0 Å². The Bertz CT molecular complexity index is 335. The van der Waals surface area contributed by atoms with E-state index >= 15 is 0 Å². The van der Waals surface area contributed by atoms with Crippen LogP contribution in [0, 0.1) is 6.92 Å². The maximum atomic E-state index is 10.5. The second-order valence-corrected chi connectivity index (χ2v) is 4.42. The topological polar surface area (TPSA) is 83.5 Å². The molecular formula is C9H13NO3S. The van der Waals surface area contributed by atoms with Crippen LogP contribution in [0.15, 0.2) is 6.07 Å². The lowest BCUT2D eigenvalue weighted by Crippen LogP contribution is -2.15. The molecule has 0 aliphatic rings. The third-order valence-corrected chi connectivity index (χ3v) is 3.14. The van der Waals surface area contributed by atoms with Gasteiger partial charge < -0.3 is 15.9 Å². The Kier molecular flexibility index (Phi) is 3.49. The Balaban J connectivity index is 2.88. The summed E-state index contributed by atoms with van der Waals surface area (Å²) in [6.45, 7) is 2.10. The molecule has 1 atom stereocenters. The van der Waals surface area contributed by atoms with Crippen LogP contribution < -0.4 is 5.73 Å². The van der Waals surface area contributed by atoms with E-state index < -0.39 is 5.97 Å². The van der Waals surface area contributed by atoms with Gasteiger partial charge in [-0.2, -0.15) is 0 Å². The summed E-state index contributed by atoms with van der Waals surface area (Å²) in [5, 5.41) is 18.1. The van der Waals surface area contributed by atoms with E-state index in [0.29, 0.717) is 4.88 Å². The van der Waals surface area contributed by atoms with Crippen LogP contribution in [0.4, 0.5) is 0 Å². The summed E-state index contributed by atoms with van der Waals surface area (Å²) in [6, 6.07) is 1.63. The van der Waals surface area contributed by atoms with Gasteiger partial charge in [-0.25, -0.2) is 0 Å². The van der Waals surface area contributed by atoms with Crippen molar-refractivity contribution in [2.75, 3.05) is 6.54 Å². The third kappa shape index (κ3) is 2.46. The van der Waals surface area contributed by atoms with Gasteiger partial charge in [0.05, 0.1) is 11.3 Å². The molecule has 78 valence electrons. The van der Waals surface area contributed by atoms with Gasteiger partial charge in [0, 0.05) is 17.3 Å². The molecule has 1 unspecified atom stereocenters. The summed E-state index contributed by atoms with van der Waals surface area (Å²) < 4.78 is 0. The van der Waals surface area contributed by atoms with E-state index in [9.17, 15) is 9.90 Å². The zero-order valence-electron chi connectivity index (χ0n) is 7.86. The van der Waals surface area contributed by atoms with Crippen LogP contribution in [0.2, 0.25) is 0 Å². The van der Waals surface area contributed by atoms with E-state index in [1.807, 2.05) is 6.92 Å². The predicted molar refractivity (Wildman–Crippen MR) is 54.8 cm³/mol. The van der Waals surface area contributed by atoms with Crippen LogP contribution in [0.5, 0.6) is 5.75 Å². The van der Waals surface area contributed by atoms with Gasteiger partial charge >= 0.3 is 5.97 Å². The molecule has 5 heteroatoms. The number of hydrogen-bond donors (Lipinski definition) is 3. The molecule has 14 heavy (non-hydrogen) atoms. The summed E-state index contributed by atoms with van der Waals surface area (Å²) in [5.74, 6) is -1.03. The number of hydrogen-bond acceptors (Lipinski definition) is 4. The quantitative estimate of drug-likeness (QED) is 0.706. The van der Waals surface area contributed by atoms with E-state index in [-0.39, 0.29) is 24.6 Å². The highest BCUT2D eigenvalue weighted by Gasteiger charge is 2.19. The van der Waals surface area contributed by atoms with Gasteiger partial charge in [0.15, 0.2) is 0 Å². The van der Waals surface area contributed by atoms with Crippen LogP contribution in [0.1, 0.15) is 22.1 Å². The van der Waals surface area contributed by atoms with E-state index in [1.54, 1.807) is 6.07 Å². The van der Waals surface area contributed by atoms with Crippen LogP contribution in [-0.4, -0.2) is 22.7 Å². The molecule has 0 saturated heterocycles. The van der Waals surface area contributed by atoms with Crippen LogP contribution in [0.3, 0.4) is 0 Å². The summed E-state index contributed by atoms with van der Waals surface area (Å²) in [4.78, 5) is 12.2. The Labute approximate surface area is 86.0 Å². The van der Waals surface area contributed by atoms with Crippen molar-refractivity contribution >= 4 is 17.3 Å². The molecule has 0 radical (unpaired) electrons. The molecule has 0 bridgehead atoms.